The number of amides is 1. The predicted molar refractivity (Wildman–Crippen MR) is 98.9 cm³/mol. The van der Waals surface area contributed by atoms with Crippen LogP contribution < -0.4 is 5.32 Å². The van der Waals surface area contributed by atoms with Crippen LogP contribution in [0.3, 0.4) is 0 Å². The zero-order valence-electron chi connectivity index (χ0n) is 14.9. The lowest BCUT2D eigenvalue weighted by Crippen LogP contribution is -2.62. The Morgan fingerprint density at radius 1 is 1.16 bits per heavy atom. The molecule has 2 aromatic rings. The molecule has 1 aliphatic heterocycles. The molecule has 25 heavy (non-hydrogen) atoms. The van der Waals surface area contributed by atoms with Crippen LogP contribution in [0.4, 0.5) is 0 Å². The third-order valence-electron chi connectivity index (χ3n) is 5.01. The van der Waals surface area contributed by atoms with Crippen LogP contribution in [-0.2, 0) is 11.3 Å². The molecule has 4 heteroatoms. The van der Waals surface area contributed by atoms with Gasteiger partial charge in [0.1, 0.15) is 0 Å². The van der Waals surface area contributed by atoms with Crippen LogP contribution in [0.15, 0.2) is 60.7 Å². The summed E-state index contributed by atoms with van der Waals surface area (Å²) in [6, 6.07) is 20.0. The van der Waals surface area contributed by atoms with Gasteiger partial charge in [-0.25, -0.2) is 0 Å². The Labute approximate surface area is 149 Å². The summed E-state index contributed by atoms with van der Waals surface area (Å²) in [6.07, 6.45) is 0.619. The Balaban J connectivity index is 1.97. The second-order valence-corrected chi connectivity index (χ2v) is 7.10. The molecule has 1 fully saturated rings. The minimum absolute atomic E-state index is 0.0749. The van der Waals surface area contributed by atoms with Gasteiger partial charge in [0, 0.05) is 20.0 Å². The van der Waals surface area contributed by atoms with E-state index in [0.29, 0.717) is 6.42 Å². The summed E-state index contributed by atoms with van der Waals surface area (Å²) in [5.74, 6) is -0.118. The summed E-state index contributed by atoms with van der Waals surface area (Å²) in [7, 11) is 0. The maximum Gasteiger partial charge on any atom is 0.217 e. The van der Waals surface area contributed by atoms with Gasteiger partial charge in [-0.15, -0.1) is 0 Å². The van der Waals surface area contributed by atoms with Crippen LogP contribution in [0.5, 0.6) is 0 Å². The van der Waals surface area contributed by atoms with Crippen molar-refractivity contribution in [3.8, 4) is 0 Å². The Hall–Kier alpha value is -2.17. The first-order valence-electron chi connectivity index (χ1n) is 8.80. The smallest absolute Gasteiger partial charge is 0.217 e. The van der Waals surface area contributed by atoms with Crippen molar-refractivity contribution in [3.63, 3.8) is 0 Å². The fourth-order valence-corrected chi connectivity index (χ4v) is 3.72. The molecule has 1 heterocycles. The van der Waals surface area contributed by atoms with Crippen molar-refractivity contribution in [1.29, 1.82) is 0 Å². The summed E-state index contributed by atoms with van der Waals surface area (Å²) in [4.78, 5) is 14.2. The monoisotopic (exact) mass is 338 g/mol. The van der Waals surface area contributed by atoms with E-state index in [1.165, 1.54) is 12.5 Å². The van der Waals surface area contributed by atoms with Gasteiger partial charge in [0.2, 0.25) is 5.91 Å². The lowest BCUT2D eigenvalue weighted by molar-refractivity contribution is -0.126. The van der Waals surface area contributed by atoms with Crippen LogP contribution in [0.2, 0.25) is 0 Å². The molecule has 0 radical (unpaired) electrons. The van der Waals surface area contributed by atoms with Gasteiger partial charge < -0.3 is 10.4 Å². The number of piperidine rings is 1. The Kier molecular flexibility index (Phi) is 5.21. The van der Waals surface area contributed by atoms with E-state index in [1.807, 2.05) is 43.3 Å². The molecule has 3 unspecified atom stereocenters. The van der Waals surface area contributed by atoms with Gasteiger partial charge in [0.05, 0.1) is 17.7 Å². The molecule has 2 N–H and O–H groups in total. The molecule has 0 spiro atoms. The quantitative estimate of drug-likeness (QED) is 0.901. The van der Waals surface area contributed by atoms with Crippen molar-refractivity contribution in [2.24, 2.45) is 0 Å². The van der Waals surface area contributed by atoms with E-state index < -0.39 is 5.60 Å². The van der Waals surface area contributed by atoms with E-state index in [4.69, 9.17) is 0 Å². The number of rotatable bonds is 4. The van der Waals surface area contributed by atoms with Gasteiger partial charge in [0.15, 0.2) is 0 Å². The highest BCUT2D eigenvalue weighted by atomic mass is 16.3. The first kappa shape index (κ1) is 17.6. The average molecular weight is 338 g/mol. The third kappa shape index (κ3) is 4.09. The maximum absolute atomic E-state index is 11.8. The zero-order chi connectivity index (χ0) is 17.9. The van der Waals surface area contributed by atoms with Crippen LogP contribution in [0.1, 0.15) is 37.4 Å². The molecule has 132 valence electrons. The Bertz CT molecular complexity index is 700. The zero-order valence-corrected chi connectivity index (χ0v) is 14.9. The standard InChI is InChI=1S/C21H26N2O2/c1-16(24)22-20-19(18-11-7-4-8-12-18)23(14-13-21(20,2)25)15-17-9-5-3-6-10-17/h3-12,19-20,25H,13-15H2,1-2H3,(H,22,24). The minimum atomic E-state index is -0.945. The second-order valence-electron chi connectivity index (χ2n) is 7.10. The van der Waals surface area contributed by atoms with Crippen LogP contribution in [0, 0.1) is 0 Å². The molecule has 1 amide bonds. The van der Waals surface area contributed by atoms with Crippen molar-refractivity contribution < 1.29 is 9.90 Å². The highest BCUT2D eigenvalue weighted by Gasteiger charge is 2.45. The lowest BCUT2D eigenvalue weighted by atomic mass is 9.79. The largest absolute Gasteiger partial charge is 0.388 e. The molecule has 1 aliphatic rings. The summed E-state index contributed by atoms with van der Waals surface area (Å²) in [6.45, 7) is 4.89. The summed E-state index contributed by atoms with van der Waals surface area (Å²) in [5.41, 5.74) is 1.39. The minimum Gasteiger partial charge on any atom is -0.388 e. The van der Waals surface area contributed by atoms with Gasteiger partial charge in [-0.05, 0) is 24.5 Å². The molecule has 3 rings (SSSR count). The topological polar surface area (TPSA) is 52.6 Å². The normalized spacial score (nSPS) is 27.0. The fourth-order valence-electron chi connectivity index (χ4n) is 3.72. The lowest BCUT2D eigenvalue weighted by Gasteiger charge is -2.49. The summed E-state index contributed by atoms with van der Waals surface area (Å²) in [5, 5.41) is 14.0. The first-order chi connectivity index (χ1) is 12.0. The number of nitrogens with zero attached hydrogens (tertiary/aromatic N) is 1. The number of carbonyl (C=O) groups is 1. The van der Waals surface area contributed by atoms with Gasteiger partial charge in [-0.2, -0.15) is 0 Å². The van der Waals surface area contributed by atoms with Crippen molar-refractivity contribution >= 4 is 5.91 Å². The molecular weight excluding hydrogens is 312 g/mol. The number of aliphatic hydroxyl groups is 1. The van der Waals surface area contributed by atoms with Crippen molar-refractivity contribution in [2.75, 3.05) is 6.54 Å². The number of likely N-dealkylation sites (tertiary alicyclic amines) is 1. The highest BCUT2D eigenvalue weighted by Crippen LogP contribution is 2.37. The number of hydrogen-bond donors (Lipinski definition) is 2. The van der Waals surface area contributed by atoms with Gasteiger partial charge >= 0.3 is 0 Å². The van der Waals surface area contributed by atoms with Gasteiger partial charge in [-0.3, -0.25) is 9.69 Å². The van der Waals surface area contributed by atoms with E-state index in [0.717, 1.165) is 18.7 Å². The fraction of sp³-hybridized carbons (Fsp3) is 0.381. The number of hydrogen-bond acceptors (Lipinski definition) is 3. The molecule has 0 aromatic heterocycles. The number of carbonyl (C=O) groups excluding carboxylic acids is 1. The first-order valence-corrected chi connectivity index (χ1v) is 8.80. The molecule has 4 nitrogen and oxygen atoms in total. The van der Waals surface area contributed by atoms with Gasteiger partial charge in [-0.1, -0.05) is 60.7 Å². The van der Waals surface area contributed by atoms with Crippen LogP contribution in [-0.4, -0.2) is 34.1 Å². The highest BCUT2D eigenvalue weighted by molar-refractivity contribution is 5.73. The molecule has 2 aromatic carbocycles. The van der Waals surface area contributed by atoms with Crippen molar-refractivity contribution in [3.05, 3.63) is 71.8 Å². The summed E-state index contributed by atoms with van der Waals surface area (Å²) < 4.78 is 0. The van der Waals surface area contributed by atoms with Crippen molar-refractivity contribution in [2.45, 2.75) is 44.5 Å². The predicted octanol–water partition coefficient (Wildman–Crippen LogP) is 2.89. The van der Waals surface area contributed by atoms with E-state index in [2.05, 4.69) is 34.5 Å². The second kappa shape index (κ2) is 7.38. The Morgan fingerprint density at radius 2 is 1.76 bits per heavy atom. The molecule has 0 aliphatic carbocycles. The number of benzene rings is 2. The average Bonchev–Trinajstić information content (AvgIpc) is 2.59. The van der Waals surface area contributed by atoms with E-state index in [9.17, 15) is 9.90 Å². The summed E-state index contributed by atoms with van der Waals surface area (Å²) >= 11 is 0. The molecular formula is C21H26N2O2. The van der Waals surface area contributed by atoms with Crippen LogP contribution in [0.25, 0.3) is 0 Å². The van der Waals surface area contributed by atoms with E-state index in [-0.39, 0.29) is 18.0 Å². The van der Waals surface area contributed by atoms with Crippen molar-refractivity contribution in [1.82, 2.24) is 10.2 Å². The van der Waals surface area contributed by atoms with Gasteiger partial charge in [0.25, 0.3) is 0 Å². The van der Waals surface area contributed by atoms with Crippen LogP contribution >= 0.6 is 0 Å². The van der Waals surface area contributed by atoms with E-state index >= 15 is 0 Å². The maximum atomic E-state index is 11.8. The molecule has 0 saturated carbocycles. The number of nitrogens with one attached hydrogen (secondary N) is 1. The SMILES string of the molecule is CC(=O)NC1C(c2ccccc2)N(Cc2ccccc2)CCC1(C)O. The molecule has 1 saturated heterocycles. The Morgan fingerprint density at radius 3 is 2.36 bits per heavy atom. The van der Waals surface area contributed by atoms with E-state index in [1.54, 1.807) is 0 Å². The molecule has 3 atom stereocenters. The molecule has 0 bridgehead atoms. The third-order valence-corrected chi connectivity index (χ3v) is 5.01.